The van der Waals surface area contributed by atoms with Crippen LogP contribution in [0, 0.1) is 0 Å². The van der Waals surface area contributed by atoms with Crippen LogP contribution in [0.5, 0.6) is 5.75 Å². The first-order chi connectivity index (χ1) is 16.5. The van der Waals surface area contributed by atoms with Gasteiger partial charge in [0.2, 0.25) is 0 Å². The minimum Gasteiger partial charge on any atom is -0.493 e. The van der Waals surface area contributed by atoms with Crippen molar-refractivity contribution in [3.63, 3.8) is 0 Å². The number of rotatable bonds is 7. The van der Waals surface area contributed by atoms with Crippen molar-refractivity contribution in [2.75, 3.05) is 6.61 Å². The van der Waals surface area contributed by atoms with E-state index in [0.717, 1.165) is 28.7 Å². The molecule has 0 unspecified atom stereocenters. The molecule has 0 aliphatic carbocycles. The molecule has 5 nitrogen and oxygen atoms in total. The molecule has 0 saturated carbocycles. The third kappa shape index (κ3) is 6.42. The molecule has 0 aliphatic rings. The first-order valence-electron chi connectivity index (χ1n) is 11.0. The van der Waals surface area contributed by atoms with Gasteiger partial charge in [0.05, 0.1) is 23.4 Å². The Morgan fingerprint density at radius 3 is 2.63 bits per heavy atom. The van der Waals surface area contributed by atoms with Gasteiger partial charge in [0.15, 0.2) is 0 Å². The molecule has 0 fully saturated rings. The number of carbonyl (C=O) groups is 1. The van der Waals surface area contributed by atoms with Crippen molar-refractivity contribution in [1.29, 1.82) is 0 Å². The van der Waals surface area contributed by atoms with E-state index in [-0.39, 0.29) is 12.5 Å². The quantitative estimate of drug-likeness (QED) is 0.263. The van der Waals surface area contributed by atoms with Crippen molar-refractivity contribution < 1.29 is 27.4 Å². The molecule has 0 amide bonds. The Balaban J connectivity index is 1.38. The summed E-state index contributed by atoms with van der Waals surface area (Å²) in [5.41, 5.74) is 0.797. The summed E-state index contributed by atoms with van der Waals surface area (Å²) in [6.07, 6.45) is -2.05. The van der Waals surface area contributed by atoms with E-state index < -0.39 is 17.3 Å². The molecule has 0 N–H and O–H groups in total. The second-order valence-electron chi connectivity index (χ2n) is 9.07. The van der Waals surface area contributed by atoms with Crippen LogP contribution in [0.1, 0.15) is 32.0 Å². The molecule has 184 valence electrons. The molecule has 2 aromatic carbocycles. The summed E-state index contributed by atoms with van der Waals surface area (Å²) in [4.78, 5) is 16.7. The maximum atomic E-state index is 13.0. The second kappa shape index (κ2) is 9.73. The van der Waals surface area contributed by atoms with Crippen LogP contribution in [0.25, 0.3) is 21.5 Å². The predicted molar refractivity (Wildman–Crippen MR) is 130 cm³/mol. The Kier molecular flexibility index (Phi) is 6.89. The van der Waals surface area contributed by atoms with E-state index in [2.05, 4.69) is 4.98 Å². The van der Waals surface area contributed by atoms with Crippen molar-refractivity contribution >= 4 is 28.2 Å². The van der Waals surface area contributed by atoms with Gasteiger partial charge in [-0.15, -0.1) is 11.3 Å². The number of hydrogen-bond acceptors (Lipinski definition) is 5. The molecule has 4 aromatic rings. The van der Waals surface area contributed by atoms with E-state index in [0.29, 0.717) is 29.3 Å². The number of ether oxygens (including phenoxy) is 2. The van der Waals surface area contributed by atoms with Crippen molar-refractivity contribution in [3.05, 3.63) is 71.4 Å². The van der Waals surface area contributed by atoms with E-state index in [4.69, 9.17) is 9.47 Å². The Hall–Kier alpha value is -3.33. The molecular weight excluding hydrogens is 477 g/mol. The minimum absolute atomic E-state index is 0.0986. The van der Waals surface area contributed by atoms with Gasteiger partial charge in [0.25, 0.3) is 0 Å². The molecule has 2 aromatic heterocycles. The maximum absolute atomic E-state index is 13.0. The number of thiazole rings is 1. The SMILES string of the molecule is CC(C)(C)OC(=O)Cn1ccc2ccc(OCCc3csc(-c4cccc(C(F)(F)F)c4)n3)cc21. The van der Waals surface area contributed by atoms with Gasteiger partial charge in [-0.05, 0) is 56.5 Å². The predicted octanol–water partition coefficient (Wildman–Crippen LogP) is 6.75. The van der Waals surface area contributed by atoms with E-state index in [1.807, 2.05) is 61.2 Å². The molecule has 0 saturated heterocycles. The molecule has 0 atom stereocenters. The lowest BCUT2D eigenvalue weighted by Gasteiger charge is -2.19. The fourth-order valence-corrected chi connectivity index (χ4v) is 4.41. The normalized spacial score (nSPS) is 12.2. The minimum atomic E-state index is -4.39. The molecule has 4 rings (SSSR count). The highest BCUT2D eigenvalue weighted by molar-refractivity contribution is 7.13. The third-order valence-electron chi connectivity index (χ3n) is 5.08. The van der Waals surface area contributed by atoms with Gasteiger partial charge in [-0.2, -0.15) is 13.2 Å². The van der Waals surface area contributed by atoms with Gasteiger partial charge in [0.1, 0.15) is 22.9 Å². The van der Waals surface area contributed by atoms with Crippen LogP contribution < -0.4 is 4.74 Å². The van der Waals surface area contributed by atoms with Crippen LogP contribution in [-0.4, -0.2) is 27.7 Å². The van der Waals surface area contributed by atoms with Gasteiger partial charge in [-0.1, -0.05) is 12.1 Å². The topological polar surface area (TPSA) is 53.4 Å². The van der Waals surface area contributed by atoms with Crippen molar-refractivity contribution in [2.24, 2.45) is 0 Å². The fourth-order valence-electron chi connectivity index (χ4n) is 3.56. The van der Waals surface area contributed by atoms with Crippen molar-refractivity contribution in [2.45, 2.75) is 45.5 Å². The maximum Gasteiger partial charge on any atom is 0.416 e. The summed E-state index contributed by atoms with van der Waals surface area (Å²) in [6, 6.07) is 12.7. The molecule has 0 bridgehead atoms. The standard InChI is InChI=1S/C26H25F3N2O3S/c1-25(2,3)34-23(32)15-31-11-9-17-7-8-21(14-22(17)31)33-12-10-20-16-35-24(30-20)18-5-4-6-19(13-18)26(27,28)29/h4-9,11,13-14,16H,10,12,15H2,1-3H3. The van der Waals surface area contributed by atoms with Gasteiger partial charge >= 0.3 is 12.1 Å². The molecule has 0 radical (unpaired) electrons. The summed E-state index contributed by atoms with van der Waals surface area (Å²) in [5.74, 6) is 0.330. The Labute approximate surface area is 205 Å². The first kappa shape index (κ1) is 24.8. The van der Waals surface area contributed by atoms with Crippen molar-refractivity contribution in [1.82, 2.24) is 9.55 Å². The molecule has 0 spiro atoms. The zero-order chi connectivity index (χ0) is 25.2. The van der Waals surface area contributed by atoms with Gasteiger partial charge < -0.3 is 14.0 Å². The van der Waals surface area contributed by atoms with Crippen LogP contribution in [0.2, 0.25) is 0 Å². The zero-order valence-corrected chi connectivity index (χ0v) is 20.4. The number of nitrogens with zero attached hydrogens (tertiary/aromatic N) is 2. The largest absolute Gasteiger partial charge is 0.493 e. The molecule has 9 heteroatoms. The van der Waals surface area contributed by atoms with E-state index in [9.17, 15) is 18.0 Å². The van der Waals surface area contributed by atoms with Crippen LogP contribution in [-0.2, 0) is 28.7 Å². The van der Waals surface area contributed by atoms with Crippen molar-refractivity contribution in [3.8, 4) is 16.3 Å². The number of hydrogen-bond donors (Lipinski definition) is 0. The van der Waals surface area contributed by atoms with Crippen LogP contribution in [0.4, 0.5) is 13.2 Å². The molecular formula is C26H25F3N2O3S. The van der Waals surface area contributed by atoms with Gasteiger partial charge in [0, 0.05) is 29.6 Å². The van der Waals surface area contributed by atoms with E-state index in [1.54, 1.807) is 6.07 Å². The number of carbonyl (C=O) groups excluding carboxylic acids is 1. The molecule has 2 heterocycles. The summed E-state index contributed by atoms with van der Waals surface area (Å²) >= 11 is 1.30. The summed E-state index contributed by atoms with van der Waals surface area (Å²) in [7, 11) is 0. The van der Waals surface area contributed by atoms with Gasteiger partial charge in [-0.25, -0.2) is 4.98 Å². The summed E-state index contributed by atoms with van der Waals surface area (Å²) < 4.78 is 52.1. The van der Waals surface area contributed by atoms with E-state index in [1.165, 1.54) is 17.4 Å². The number of benzene rings is 2. The average molecular weight is 503 g/mol. The second-order valence-corrected chi connectivity index (χ2v) is 9.93. The van der Waals surface area contributed by atoms with Crippen LogP contribution in [0.15, 0.2) is 60.1 Å². The lowest BCUT2D eigenvalue weighted by molar-refractivity contribution is -0.155. The van der Waals surface area contributed by atoms with E-state index >= 15 is 0 Å². The number of esters is 1. The highest BCUT2D eigenvalue weighted by atomic mass is 32.1. The Bertz CT molecular complexity index is 1340. The lowest BCUT2D eigenvalue weighted by Crippen LogP contribution is -2.26. The number of alkyl halides is 3. The smallest absolute Gasteiger partial charge is 0.416 e. The van der Waals surface area contributed by atoms with Crippen LogP contribution in [0.3, 0.4) is 0 Å². The molecule has 35 heavy (non-hydrogen) atoms. The highest BCUT2D eigenvalue weighted by Crippen LogP contribution is 2.33. The third-order valence-corrected chi connectivity index (χ3v) is 6.02. The lowest BCUT2D eigenvalue weighted by atomic mass is 10.1. The number of aromatic nitrogens is 2. The Morgan fingerprint density at radius 1 is 1.09 bits per heavy atom. The Morgan fingerprint density at radius 2 is 1.89 bits per heavy atom. The molecule has 0 aliphatic heterocycles. The summed E-state index contributed by atoms with van der Waals surface area (Å²) in [6.45, 7) is 5.94. The average Bonchev–Trinajstić information content (AvgIpc) is 3.39. The first-order valence-corrected chi connectivity index (χ1v) is 11.9. The number of halogens is 3. The zero-order valence-electron chi connectivity index (χ0n) is 19.6. The monoisotopic (exact) mass is 502 g/mol. The van der Waals surface area contributed by atoms with Gasteiger partial charge in [-0.3, -0.25) is 4.79 Å². The number of fused-ring (bicyclic) bond motifs is 1. The highest BCUT2D eigenvalue weighted by Gasteiger charge is 2.30. The fraction of sp³-hybridized carbons (Fsp3) is 0.308. The van der Waals surface area contributed by atoms with Crippen LogP contribution >= 0.6 is 11.3 Å². The summed E-state index contributed by atoms with van der Waals surface area (Å²) in [5, 5.41) is 3.34.